The van der Waals surface area contributed by atoms with Gasteiger partial charge < -0.3 is 0 Å². The molecule has 2 aromatic carbocycles. The standard InChI is InChI=1S/C14H7Cl2F5/c15-10-5-4-7(6-11(10)16)8-2-1-3-9(14(19,20)21)12(8)13(17)18/h1-6,13H. The molecule has 21 heavy (non-hydrogen) atoms. The fourth-order valence-electron chi connectivity index (χ4n) is 1.96. The smallest absolute Gasteiger partial charge is 0.205 e. The van der Waals surface area contributed by atoms with Gasteiger partial charge in [-0.15, -0.1) is 0 Å². The maximum Gasteiger partial charge on any atom is 0.416 e. The van der Waals surface area contributed by atoms with E-state index >= 15 is 0 Å². The summed E-state index contributed by atoms with van der Waals surface area (Å²) >= 11 is 11.5. The quantitative estimate of drug-likeness (QED) is 0.539. The van der Waals surface area contributed by atoms with E-state index in [4.69, 9.17) is 23.2 Å². The van der Waals surface area contributed by atoms with Gasteiger partial charge in [-0.05, 0) is 29.3 Å². The first-order chi connectivity index (χ1) is 9.71. The Hall–Kier alpha value is -1.33. The molecule has 0 atom stereocenters. The van der Waals surface area contributed by atoms with E-state index in [0.29, 0.717) is 6.07 Å². The topological polar surface area (TPSA) is 0 Å². The van der Waals surface area contributed by atoms with Crippen LogP contribution < -0.4 is 0 Å². The number of hydrogen-bond donors (Lipinski definition) is 0. The van der Waals surface area contributed by atoms with Crippen molar-refractivity contribution >= 4 is 23.2 Å². The van der Waals surface area contributed by atoms with Gasteiger partial charge in [-0.3, -0.25) is 0 Å². The number of halogens is 7. The zero-order valence-corrected chi connectivity index (χ0v) is 11.7. The monoisotopic (exact) mass is 340 g/mol. The van der Waals surface area contributed by atoms with Crippen molar-refractivity contribution in [2.45, 2.75) is 12.6 Å². The van der Waals surface area contributed by atoms with Crippen LogP contribution in [0.15, 0.2) is 36.4 Å². The summed E-state index contributed by atoms with van der Waals surface area (Å²) in [5, 5.41) is 0.262. The molecule has 0 aliphatic rings. The molecule has 0 saturated carbocycles. The van der Waals surface area contributed by atoms with Gasteiger partial charge in [-0.25, -0.2) is 8.78 Å². The molecule has 2 rings (SSSR count). The average Bonchev–Trinajstić information content (AvgIpc) is 2.40. The second-order valence-corrected chi connectivity index (χ2v) is 5.01. The van der Waals surface area contributed by atoms with Crippen molar-refractivity contribution in [1.82, 2.24) is 0 Å². The van der Waals surface area contributed by atoms with Gasteiger partial charge in [0.1, 0.15) is 0 Å². The predicted molar refractivity (Wildman–Crippen MR) is 71.9 cm³/mol. The summed E-state index contributed by atoms with van der Waals surface area (Å²) in [7, 11) is 0. The molecule has 2 aromatic rings. The molecule has 0 N–H and O–H groups in total. The van der Waals surface area contributed by atoms with Crippen LogP contribution in [0.1, 0.15) is 17.6 Å². The Labute approximate surface area is 127 Å². The van der Waals surface area contributed by atoms with Gasteiger partial charge in [0, 0.05) is 5.56 Å². The maximum atomic E-state index is 13.1. The number of hydrogen-bond acceptors (Lipinski definition) is 0. The molecule has 0 spiro atoms. The average molecular weight is 341 g/mol. The van der Waals surface area contributed by atoms with Crippen LogP contribution in [-0.2, 0) is 6.18 Å². The number of rotatable bonds is 2. The van der Waals surface area contributed by atoms with Gasteiger partial charge in [-0.1, -0.05) is 41.4 Å². The normalized spacial score (nSPS) is 12.0. The lowest BCUT2D eigenvalue weighted by atomic mass is 9.95. The summed E-state index contributed by atoms with van der Waals surface area (Å²) < 4.78 is 64.9. The molecule has 0 nitrogen and oxygen atoms in total. The second-order valence-electron chi connectivity index (χ2n) is 4.19. The van der Waals surface area contributed by atoms with Crippen LogP contribution in [0.3, 0.4) is 0 Å². The van der Waals surface area contributed by atoms with E-state index in [9.17, 15) is 22.0 Å². The minimum Gasteiger partial charge on any atom is -0.205 e. The lowest BCUT2D eigenvalue weighted by Gasteiger charge is -2.16. The highest BCUT2D eigenvalue weighted by Gasteiger charge is 2.37. The van der Waals surface area contributed by atoms with Crippen LogP contribution in [0.25, 0.3) is 11.1 Å². The molecule has 0 heterocycles. The van der Waals surface area contributed by atoms with Gasteiger partial charge in [-0.2, -0.15) is 13.2 Å². The van der Waals surface area contributed by atoms with Crippen molar-refractivity contribution in [3.8, 4) is 11.1 Å². The third kappa shape index (κ3) is 3.30. The zero-order valence-electron chi connectivity index (χ0n) is 10.2. The Bertz CT molecular complexity index is 665. The Morgan fingerprint density at radius 1 is 0.905 bits per heavy atom. The van der Waals surface area contributed by atoms with Crippen molar-refractivity contribution in [2.24, 2.45) is 0 Å². The summed E-state index contributed by atoms with van der Waals surface area (Å²) in [5.41, 5.74) is -2.51. The minimum absolute atomic E-state index is 0.0757. The lowest BCUT2D eigenvalue weighted by molar-refractivity contribution is -0.139. The summed E-state index contributed by atoms with van der Waals surface area (Å²) in [6, 6.07) is 6.83. The van der Waals surface area contributed by atoms with Crippen LogP contribution in [0.2, 0.25) is 10.0 Å². The maximum absolute atomic E-state index is 13.1. The minimum atomic E-state index is -4.86. The fraction of sp³-hybridized carbons (Fsp3) is 0.143. The van der Waals surface area contributed by atoms with Crippen LogP contribution in [0, 0.1) is 0 Å². The van der Waals surface area contributed by atoms with E-state index in [-0.39, 0.29) is 21.2 Å². The van der Waals surface area contributed by atoms with Crippen molar-refractivity contribution in [3.05, 3.63) is 57.6 Å². The summed E-state index contributed by atoms with van der Waals surface area (Å²) in [4.78, 5) is 0. The van der Waals surface area contributed by atoms with E-state index in [2.05, 4.69) is 0 Å². The van der Waals surface area contributed by atoms with Crippen molar-refractivity contribution < 1.29 is 22.0 Å². The van der Waals surface area contributed by atoms with Gasteiger partial charge >= 0.3 is 6.18 Å². The highest BCUT2D eigenvalue weighted by Crippen LogP contribution is 2.42. The Balaban J connectivity index is 2.71. The summed E-state index contributed by atoms with van der Waals surface area (Å²) in [6.45, 7) is 0. The van der Waals surface area contributed by atoms with Gasteiger partial charge in [0.15, 0.2) is 0 Å². The molecule has 7 heteroatoms. The molecule has 0 aliphatic carbocycles. The summed E-state index contributed by atoms with van der Waals surface area (Å²) in [5.74, 6) is 0. The Morgan fingerprint density at radius 3 is 2.10 bits per heavy atom. The Morgan fingerprint density at radius 2 is 1.57 bits per heavy atom. The lowest BCUT2D eigenvalue weighted by Crippen LogP contribution is -2.10. The predicted octanol–water partition coefficient (Wildman–Crippen LogP) is 6.62. The van der Waals surface area contributed by atoms with Crippen LogP contribution in [0.5, 0.6) is 0 Å². The van der Waals surface area contributed by atoms with Gasteiger partial charge in [0.2, 0.25) is 0 Å². The van der Waals surface area contributed by atoms with Crippen molar-refractivity contribution in [3.63, 3.8) is 0 Å². The fourth-order valence-corrected chi connectivity index (χ4v) is 2.26. The molecule has 0 unspecified atom stereocenters. The van der Waals surface area contributed by atoms with E-state index in [1.54, 1.807) is 0 Å². The molecule has 0 amide bonds. The van der Waals surface area contributed by atoms with Gasteiger partial charge in [0.05, 0.1) is 15.6 Å². The SMILES string of the molecule is FC(F)c1c(-c2ccc(Cl)c(Cl)c2)cccc1C(F)(F)F. The molecule has 0 aromatic heterocycles. The second kappa shape index (κ2) is 5.81. The molecular weight excluding hydrogens is 334 g/mol. The molecule has 112 valence electrons. The highest BCUT2D eigenvalue weighted by molar-refractivity contribution is 6.42. The molecule has 0 aliphatic heterocycles. The van der Waals surface area contributed by atoms with Crippen molar-refractivity contribution in [2.75, 3.05) is 0 Å². The van der Waals surface area contributed by atoms with Crippen molar-refractivity contribution in [1.29, 1.82) is 0 Å². The highest BCUT2D eigenvalue weighted by atomic mass is 35.5. The summed E-state index contributed by atoms with van der Waals surface area (Å²) in [6.07, 6.45) is -8.13. The Kier molecular flexibility index (Phi) is 4.44. The first-order valence-electron chi connectivity index (χ1n) is 5.65. The first kappa shape index (κ1) is 16.0. The third-order valence-electron chi connectivity index (χ3n) is 2.86. The number of benzene rings is 2. The molecule has 0 fully saturated rings. The van der Waals surface area contributed by atoms with Crippen LogP contribution in [-0.4, -0.2) is 0 Å². The first-order valence-corrected chi connectivity index (χ1v) is 6.41. The molecule has 0 saturated heterocycles. The van der Waals surface area contributed by atoms with E-state index in [0.717, 1.165) is 6.07 Å². The largest absolute Gasteiger partial charge is 0.416 e. The van der Waals surface area contributed by atoms with Gasteiger partial charge in [0.25, 0.3) is 6.43 Å². The van der Waals surface area contributed by atoms with E-state index in [1.807, 2.05) is 0 Å². The molecule has 0 bridgehead atoms. The third-order valence-corrected chi connectivity index (χ3v) is 3.60. The van der Waals surface area contributed by atoms with E-state index < -0.39 is 23.7 Å². The number of alkyl halides is 5. The molecule has 0 radical (unpaired) electrons. The zero-order chi connectivity index (χ0) is 15.8. The molecular formula is C14H7Cl2F5. The van der Waals surface area contributed by atoms with Crippen LogP contribution in [0.4, 0.5) is 22.0 Å². The van der Waals surface area contributed by atoms with E-state index in [1.165, 1.54) is 24.3 Å². The van der Waals surface area contributed by atoms with Crippen LogP contribution >= 0.6 is 23.2 Å².